The molecule has 2 aromatic heterocycles. The number of nitrogens with one attached hydrogen (secondary N) is 4. The van der Waals surface area contributed by atoms with Crippen molar-refractivity contribution in [2.24, 2.45) is 28.2 Å². The van der Waals surface area contributed by atoms with E-state index < -0.39 is 72.6 Å². The number of phosphoric ester groups is 1. The van der Waals surface area contributed by atoms with Crippen LogP contribution in [0, 0.1) is 30.6 Å². The van der Waals surface area contributed by atoms with Crippen LogP contribution < -0.4 is 46.1 Å². The standard InChI is InChI=1S/C74H97Cl2N12O22P/c1-44(2)63(82-56(89)15-20-102-22-24-104-26-28-106-30-31-107-29-27-105-25-23-103-21-19-85-57(90)13-14-58(85)91)66(92)81-51(8-7-16-77)67(93)88(70(78)96)50-11-9-47(10-12-50)40-108-71(97)83(5)17-18-84(6)72(98)109-54-32-52-61(59-45(3)36-79-64(54)59)48(34-75)38-86(52)68(94)73-41-74(42-73,43-73)69(95)87-39-49(35-76)62-53(87)33-55(110-111(99,100)101)65-60(62)46(4)37-80-65/h9-14,32-33,36-37,44,48-49,51,63,79-80H,7-8,15-31,34-35,38-43,77H2,1-6H3,(H2,78,96)(H,81,92)(H,82,89)(H2,99,100,101)/t48-,49-,51+,63+,73?,74?/m1/s1. The van der Waals surface area contributed by atoms with Crippen molar-refractivity contribution in [3.63, 3.8) is 0 Å². The van der Waals surface area contributed by atoms with Crippen molar-refractivity contribution in [2.75, 3.05) is 159 Å². The van der Waals surface area contributed by atoms with Gasteiger partial charge in [0.2, 0.25) is 23.6 Å². The molecule has 0 spiro atoms. The number of benzene rings is 3. The first-order valence-corrected chi connectivity index (χ1v) is 39.3. The number of phosphoric acid groups is 1. The van der Waals surface area contributed by atoms with Crippen LogP contribution in [0.4, 0.5) is 31.4 Å². The molecule has 11 amide bonds. The highest BCUT2D eigenvalue weighted by Crippen LogP contribution is 2.75. The Morgan fingerprint density at radius 1 is 0.676 bits per heavy atom. The van der Waals surface area contributed by atoms with Gasteiger partial charge in [-0.2, -0.15) is 0 Å². The summed E-state index contributed by atoms with van der Waals surface area (Å²) in [6.45, 7) is 11.1. The van der Waals surface area contributed by atoms with E-state index in [0.29, 0.717) is 91.1 Å². The van der Waals surface area contributed by atoms with Gasteiger partial charge in [0.25, 0.3) is 17.7 Å². The van der Waals surface area contributed by atoms with Crippen LogP contribution in [0.15, 0.2) is 60.9 Å². The number of ether oxygens (including phenoxy) is 8. The summed E-state index contributed by atoms with van der Waals surface area (Å²) in [5, 5.41) is 6.82. The molecule has 34 nitrogen and oxygen atoms in total. The lowest BCUT2D eigenvalue weighted by molar-refractivity contribution is -0.205. The van der Waals surface area contributed by atoms with Crippen LogP contribution in [-0.4, -0.2) is 251 Å². The third kappa shape index (κ3) is 19.8. The lowest BCUT2D eigenvalue weighted by atomic mass is 9.34. The first-order valence-electron chi connectivity index (χ1n) is 36.7. The number of halogens is 2. The van der Waals surface area contributed by atoms with Crippen LogP contribution in [0.5, 0.6) is 11.5 Å². The molecule has 6 aliphatic rings. The number of alkyl halides is 2. The van der Waals surface area contributed by atoms with Gasteiger partial charge in [0.05, 0.1) is 125 Å². The number of likely N-dealkylation sites (N-methyl/N-ethyl adjacent to an activating group) is 2. The number of rotatable bonds is 42. The number of aryl methyl sites for hydroxylation is 2. The van der Waals surface area contributed by atoms with Gasteiger partial charge in [0.1, 0.15) is 18.7 Å². The van der Waals surface area contributed by atoms with Gasteiger partial charge in [0.15, 0.2) is 11.5 Å². The van der Waals surface area contributed by atoms with Crippen LogP contribution in [0.2, 0.25) is 0 Å². The van der Waals surface area contributed by atoms with Crippen molar-refractivity contribution in [1.29, 1.82) is 0 Å². The Balaban J connectivity index is 0.639. The zero-order valence-electron chi connectivity index (χ0n) is 62.9. The van der Waals surface area contributed by atoms with Crippen molar-refractivity contribution in [2.45, 2.75) is 96.7 Å². The summed E-state index contributed by atoms with van der Waals surface area (Å²) in [7, 11) is -2.03. The van der Waals surface area contributed by atoms with Gasteiger partial charge in [-0.1, -0.05) is 26.0 Å². The number of amides is 11. The molecule has 4 atom stereocenters. The molecule has 0 unspecified atom stereocenters. The van der Waals surface area contributed by atoms with E-state index in [1.807, 2.05) is 13.8 Å². The number of carbonyl (C=O) groups excluding carboxylic acids is 10. The number of aromatic amines is 2. The number of hydrogen-bond donors (Lipinski definition) is 8. The highest BCUT2D eigenvalue weighted by molar-refractivity contribution is 7.46. The van der Waals surface area contributed by atoms with Gasteiger partial charge in [0, 0.05) is 118 Å². The van der Waals surface area contributed by atoms with E-state index >= 15 is 0 Å². The number of aromatic nitrogens is 2. The van der Waals surface area contributed by atoms with Crippen LogP contribution >= 0.6 is 31.0 Å². The topological polar surface area (TPSA) is 438 Å². The lowest BCUT2D eigenvalue weighted by Crippen LogP contribution is -2.73. The molecule has 3 aromatic carbocycles. The third-order valence-corrected chi connectivity index (χ3v) is 21.5. The van der Waals surface area contributed by atoms with Crippen LogP contribution in [0.1, 0.15) is 92.0 Å². The van der Waals surface area contributed by atoms with E-state index in [-0.39, 0.29) is 175 Å². The second-order valence-corrected chi connectivity index (χ2v) is 30.4. The summed E-state index contributed by atoms with van der Waals surface area (Å²) in [5.74, 6) is -3.77. The number of primary amides is 1. The maximum absolute atomic E-state index is 15.0. The number of carbonyl (C=O) groups is 10. The molecule has 5 heterocycles. The Labute approximate surface area is 650 Å². The van der Waals surface area contributed by atoms with E-state index in [2.05, 4.69) is 20.6 Å². The highest BCUT2D eigenvalue weighted by Gasteiger charge is 2.76. The Morgan fingerprint density at radius 3 is 1.61 bits per heavy atom. The zero-order chi connectivity index (χ0) is 80.1. The van der Waals surface area contributed by atoms with Crippen molar-refractivity contribution < 1.29 is 105 Å². The predicted molar refractivity (Wildman–Crippen MR) is 406 cm³/mol. The van der Waals surface area contributed by atoms with Crippen molar-refractivity contribution in [3.8, 4) is 11.5 Å². The van der Waals surface area contributed by atoms with Gasteiger partial charge in [-0.15, -0.1) is 23.2 Å². The fraction of sp³-hybridized carbons (Fsp3) is 0.541. The number of urea groups is 1. The molecule has 3 fully saturated rings. The van der Waals surface area contributed by atoms with Gasteiger partial charge in [-0.3, -0.25) is 48.2 Å². The molecular weight excluding hydrogens is 1510 g/mol. The second-order valence-electron chi connectivity index (χ2n) is 28.6. The molecule has 0 saturated heterocycles. The fourth-order valence-corrected chi connectivity index (χ4v) is 15.6. The van der Waals surface area contributed by atoms with Gasteiger partial charge in [-0.25, -0.2) is 23.8 Å². The molecule has 5 aromatic rings. The summed E-state index contributed by atoms with van der Waals surface area (Å²) in [6.07, 6.45) is 5.41. The molecule has 604 valence electrons. The molecule has 3 saturated carbocycles. The first kappa shape index (κ1) is 84.7. The summed E-state index contributed by atoms with van der Waals surface area (Å²) < 4.78 is 61.8. The summed E-state index contributed by atoms with van der Waals surface area (Å²) in [5.41, 5.74) is 15.4. The van der Waals surface area contributed by atoms with Crippen LogP contribution in [0.25, 0.3) is 21.8 Å². The molecule has 3 aliphatic carbocycles. The molecule has 3 aliphatic heterocycles. The number of nitrogens with zero attached hydrogens (tertiary/aromatic N) is 6. The van der Waals surface area contributed by atoms with Crippen molar-refractivity contribution in [3.05, 3.63) is 88.8 Å². The lowest BCUT2D eigenvalue weighted by Gasteiger charge is -2.69. The maximum atomic E-state index is 15.0. The Bertz CT molecular complexity index is 4300. The number of anilines is 3. The van der Waals surface area contributed by atoms with E-state index in [1.54, 1.807) is 42.1 Å². The number of fused-ring (bicyclic) bond motifs is 6. The Morgan fingerprint density at radius 2 is 1.14 bits per heavy atom. The quantitative estimate of drug-likeness (QED) is 0.00984. The molecule has 11 rings (SSSR count). The average molecular weight is 1610 g/mol. The van der Waals surface area contributed by atoms with Gasteiger partial charge in [-0.05, 0) is 98.4 Å². The monoisotopic (exact) mass is 1610 g/mol. The van der Waals surface area contributed by atoms with E-state index in [4.69, 9.17) is 77.1 Å². The molecule has 10 N–H and O–H groups in total. The molecule has 111 heavy (non-hydrogen) atoms. The zero-order valence-corrected chi connectivity index (χ0v) is 65.3. The first-order chi connectivity index (χ1) is 53.0. The SMILES string of the molecule is Cc1c[nH]c2c(OC(=O)N(C)CCN(C)C(=O)OCc3ccc(N(C(N)=O)C(=O)[C@H](CCCN)NC(=O)[C@@H](NC(=O)CCOCCOCCOCCOCCOCCOCCN4C(=O)C=CC4=O)C(C)C)cc3)cc3c(c12)[C@H](CCl)CN3C(=O)C12CC(C(=O)N3C[C@@H](CCl)c4c3cc(OP(=O)(O)O)c3[nH]cc(C)c43)(C1)C2. The largest absolute Gasteiger partial charge is 0.524 e. The number of imide groups is 2. The normalized spacial score (nSPS) is 18.7. The Hall–Kier alpha value is -8.77. The van der Waals surface area contributed by atoms with Crippen LogP contribution in [0.3, 0.4) is 0 Å². The van der Waals surface area contributed by atoms with E-state index in [1.165, 1.54) is 66.4 Å². The maximum Gasteiger partial charge on any atom is 0.524 e. The summed E-state index contributed by atoms with van der Waals surface area (Å²) in [6, 6.07) is 5.46. The fourth-order valence-electron chi connectivity index (χ4n) is 14.7. The van der Waals surface area contributed by atoms with Crippen molar-refractivity contribution in [1.82, 2.24) is 35.3 Å². The average Bonchev–Trinajstić information content (AvgIpc) is 1.54. The molecule has 37 heteroatoms. The summed E-state index contributed by atoms with van der Waals surface area (Å²) >= 11 is 13.2. The van der Waals surface area contributed by atoms with Gasteiger partial charge >= 0.3 is 26.0 Å². The second kappa shape index (κ2) is 37.7. The van der Waals surface area contributed by atoms with E-state index in [9.17, 15) is 62.3 Å². The minimum absolute atomic E-state index is 0.000275. The minimum Gasteiger partial charge on any atom is -0.445 e. The predicted octanol–water partition coefficient (Wildman–Crippen LogP) is 5.84. The highest BCUT2D eigenvalue weighted by atomic mass is 35.5. The van der Waals surface area contributed by atoms with Crippen LogP contribution in [-0.2, 0) is 77.9 Å². The Kier molecular flexibility index (Phi) is 28.8. The molecule has 2 bridgehead atoms. The van der Waals surface area contributed by atoms with Gasteiger partial charge < -0.3 is 94.1 Å². The minimum atomic E-state index is -5.00. The number of nitrogens with two attached hydrogens (primary N) is 2. The molecule has 0 radical (unpaired) electrons. The number of H-pyrrole nitrogens is 2. The van der Waals surface area contributed by atoms with E-state index in [0.717, 1.165) is 32.5 Å². The smallest absolute Gasteiger partial charge is 0.445 e. The molecular formula is C74H97Cl2N12O22P. The number of hydrogen-bond acceptors (Lipinski definition) is 21. The van der Waals surface area contributed by atoms with Crippen molar-refractivity contribution >= 4 is 129 Å². The summed E-state index contributed by atoms with van der Waals surface area (Å²) in [4.78, 5) is 168. The third-order valence-electron chi connectivity index (χ3n) is 20.4.